The Balaban J connectivity index is 1.31. The molecule has 1 aliphatic carbocycles. The third-order valence-electron chi connectivity index (χ3n) is 8.43. The molecular formula is C35H27ClF3N7O6. The second kappa shape index (κ2) is 14.1. The molecule has 3 aromatic carbocycles. The Labute approximate surface area is 297 Å². The number of alkyl halides is 3. The average Bonchev–Trinajstić information content (AvgIpc) is 3.72. The molecule has 0 saturated heterocycles. The number of hydrogen-bond acceptors (Lipinski definition) is 7. The van der Waals surface area contributed by atoms with Crippen LogP contribution in [0, 0.1) is 6.92 Å². The highest BCUT2D eigenvalue weighted by Crippen LogP contribution is 2.35. The Kier molecular flexibility index (Phi) is 9.67. The zero-order valence-electron chi connectivity index (χ0n) is 27.0. The number of halogens is 4. The van der Waals surface area contributed by atoms with Crippen molar-refractivity contribution in [2.24, 2.45) is 0 Å². The van der Waals surface area contributed by atoms with Gasteiger partial charge in [-0.25, -0.2) is 14.3 Å². The van der Waals surface area contributed by atoms with E-state index in [9.17, 15) is 42.3 Å². The maximum absolute atomic E-state index is 13.9. The highest BCUT2D eigenvalue weighted by atomic mass is 35.5. The van der Waals surface area contributed by atoms with Gasteiger partial charge in [-0.05, 0) is 72.4 Å². The highest BCUT2D eigenvalue weighted by Gasteiger charge is 2.38. The maximum Gasteiger partial charge on any atom is 0.471 e. The van der Waals surface area contributed by atoms with Gasteiger partial charge >= 0.3 is 18.1 Å². The number of fused-ring (bicyclic) bond motifs is 2. The summed E-state index contributed by atoms with van der Waals surface area (Å²) in [5.74, 6) is -5.39. The molecule has 2 aromatic heterocycles. The quantitative estimate of drug-likeness (QED) is 0.132. The molecule has 5 aromatic rings. The van der Waals surface area contributed by atoms with Crippen molar-refractivity contribution in [3.05, 3.63) is 123 Å². The number of carbonyl (C=O) groups is 5. The Morgan fingerprint density at radius 2 is 1.71 bits per heavy atom. The van der Waals surface area contributed by atoms with E-state index >= 15 is 0 Å². The number of rotatable bonds is 9. The van der Waals surface area contributed by atoms with Gasteiger partial charge in [-0.3, -0.25) is 19.2 Å². The summed E-state index contributed by atoms with van der Waals surface area (Å²) >= 11 is 6.22. The van der Waals surface area contributed by atoms with Crippen molar-refractivity contribution in [1.82, 2.24) is 25.2 Å². The number of carboxylic acids is 1. The molecular weight excluding hydrogens is 707 g/mol. The zero-order chi connectivity index (χ0) is 37.3. The van der Waals surface area contributed by atoms with Crippen molar-refractivity contribution in [2.75, 3.05) is 10.6 Å². The van der Waals surface area contributed by atoms with E-state index in [2.05, 4.69) is 26.0 Å². The predicted molar refractivity (Wildman–Crippen MR) is 181 cm³/mol. The average molecular weight is 734 g/mol. The second-order valence-corrected chi connectivity index (χ2v) is 12.2. The Bertz CT molecular complexity index is 2290. The van der Waals surface area contributed by atoms with Crippen LogP contribution >= 0.6 is 11.6 Å². The van der Waals surface area contributed by atoms with Gasteiger partial charge in [0.05, 0.1) is 28.5 Å². The molecule has 17 heteroatoms. The normalized spacial score (nSPS) is 13.7. The van der Waals surface area contributed by atoms with E-state index in [1.165, 1.54) is 42.6 Å². The number of nitrogens with zero attached hydrogens (tertiary/aromatic N) is 3. The van der Waals surface area contributed by atoms with Gasteiger partial charge < -0.3 is 26.4 Å². The molecule has 1 aliphatic rings. The molecule has 266 valence electrons. The lowest BCUT2D eigenvalue weighted by Gasteiger charge is -2.16. The molecule has 1 atom stereocenters. The minimum absolute atomic E-state index is 0.0974. The smallest absolute Gasteiger partial charge is 0.471 e. The topological polar surface area (TPSA) is 184 Å². The summed E-state index contributed by atoms with van der Waals surface area (Å²) in [5.41, 5.74) is 2.09. The molecule has 0 unspecified atom stereocenters. The standard InChI is InChI=1S/C35H27ClF3N7O6/c1-17-20-11-12-25(22(20)10-9-21(17)33(50)51)44-32(49)28-14-27(31(48)40-15-18-5-4-6-19(13-18)42-34(52)35(37,38)39)43-29-23(16-41-46(28)29)30(47)45-26-8-3-2-7-24(26)36/h2-10,13-14,16,25H,11-12,15H2,1H3,(H,40,48)(H,42,52)(H,44,49)(H,45,47)(H,50,51)/t25-/m0/s1. The molecule has 13 nitrogen and oxygen atoms in total. The van der Waals surface area contributed by atoms with Crippen molar-refractivity contribution in [3.63, 3.8) is 0 Å². The van der Waals surface area contributed by atoms with Crippen LogP contribution in [-0.2, 0) is 17.8 Å². The molecule has 2 heterocycles. The molecule has 4 amide bonds. The minimum Gasteiger partial charge on any atom is -0.478 e. The third-order valence-corrected chi connectivity index (χ3v) is 8.76. The van der Waals surface area contributed by atoms with Gasteiger partial charge in [0.2, 0.25) is 0 Å². The number of benzene rings is 3. The van der Waals surface area contributed by atoms with Crippen LogP contribution in [0.3, 0.4) is 0 Å². The number of nitrogens with one attached hydrogen (secondary N) is 4. The van der Waals surface area contributed by atoms with Crippen molar-refractivity contribution < 1.29 is 42.3 Å². The van der Waals surface area contributed by atoms with Crippen LogP contribution in [0.2, 0.25) is 5.02 Å². The van der Waals surface area contributed by atoms with Crippen LogP contribution in [0.25, 0.3) is 5.65 Å². The number of anilines is 2. The predicted octanol–water partition coefficient (Wildman–Crippen LogP) is 5.49. The number of amides is 4. The monoisotopic (exact) mass is 733 g/mol. The van der Waals surface area contributed by atoms with Gasteiger partial charge in [-0.1, -0.05) is 41.9 Å². The van der Waals surface area contributed by atoms with Gasteiger partial charge in [0, 0.05) is 18.3 Å². The van der Waals surface area contributed by atoms with Crippen LogP contribution in [0.15, 0.2) is 72.9 Å². The van der Waals surface area contributed by atoms with Crippen molar-refractivity contribution >= 4 is 58.2 Å². The van der Waals surface area contributed by atoms with Crippen molar-refractivity contribution in [1.29, 1.82) is 0 Å². The maximum atomic E-state index is 13.9. The molecule has 0 saturated carbocycles. The molecule has 0 fully saturated rings. The summed E-state index contributed by atoms with van der Waals surface area (Å²) in [4.78, 5) is 68.1. The first-order chi connectivity index (χ1) is 24.7. The summed E-state index contributed by atoms with van der Waals surface area (Å²) in [6.45, 7) is 1.50. The zero-order valence-corrected chi connectivity index (χ0v) is 27.7. The number of carbonyl (C=O) groups excluding carboxylic acids is 4. The fourth-order valence-electron chi connectivity index (χ4n) is 5.88. The number of aromatic carboxylic acids is 1. The molecule has 0 spiro atoms. The second-order valence-electron chi connectivity index (χ2n) is 11.8. The number of aromatic nitrogens is 3. The van der Waals surface area contributed by atoms with Gasteiger partial charge in [-0.2, -0.15) is 18.3 Å². The van der Waals surface area contributed by atoms with Gasteiger partial charge in [-0.15, -0.1) is 0 Å². The van der Waals surface area contributed by atoms with Gasteiger partial charge in [0.25, 0.3) is 17.7 Å². The van der Waals surface area contributed by atoms with E-state index in [4.69, 9.17) is 11.6 Å². The Hall–Kier alpha value is -6.29. The molecule has 0 aliphatic heterocycles. The molecule has 0 bridgehead atoms. The first-order valence-electron chi connectivity index (χ1n) is 15.6. The lowest BCUT2D eigenvalue weighted by Crippen LogP contribution is -2.31. The van der Waals surface area contributed by atoms with Crippen molar-refractivity contribution in [2.45, 2.75) is 38.5 Å². The fraction of sp³-hybridized carbons (Fsp3) is 0.171. The number of para-hydroxylation sites is 1. The van der Waals surface area contributed by atoms with Crippen molar-refractivity contribution in [3.8, 4) is 0 Å². The van der Waals surface area contributed by atoms with Gasteiger partial charge in [0.1, 0.15) is 17.0 Å². The molecule has 52 heavy (non-hydrogen) atoms. The van der Waals surface area contributed by atoms with E-state index in [1.54, 1.807) is 42.6 Å². The highest BCUT2D eigenvalue weighted by molar-refractivity contribution is 6.34. The molecule has 5 N–H and O–H groups in total. The van der Waals surface area contributed by atoms with E-state index in [-0.39, 0.29) is 51.1 Å². The molecule has 6 rings (SSSR count). The summed E-state index contributed by atoms with van der Waals surface area (Å²) in [6, 6.07) is 15.7. The van der Waals surface area contributed by atoms with Crippen LogP contribution < -0.4 is 21.3 Å². The first-order valence-corrected chi connectivity index (χ1v) is 16.0. The fourth-order valence-corrected chi connectivity index (χ4v) is 6.06. The van der Waals surface area contributed by atoms with E-state index in [1.807, 2.05) is 0 Å². The summed E-state index contributed by atoms with van der Waals surface area (Å²) < 4.78 is 39.3. The lowest BCUT2D eigenvalue weighted by molar-refractivity contribution is -0.167. The minimum atomic E-state index is -5.10. The van der Waals surface area contributed by atoms with Crippen LogP contribution in [-0.4, -0.2) is 55.5 Å². The van der Waals surface area contributed by atoms with Crippen LogP contribution in [0.5, 0.6) is 0 Å². The van der Waals surface area contributed by atoms with Crippen LogP contribution in [0.4, 0.5) is 24.5 Å². The third kappa shape index (κ3) is 7.27. The SMILES string of the molecule is Cc1c(C(=O)O)ccc2c1CC[C@@H]2NC(=O)c1cc(C(=O)NCc2cccc(NC(=O)C(F)(F)F)c2)nc2c(C(=O)Nc3ccccc3Cl)cnn12. The van der Waals surface area contributed by atoms with Gasteiger partial charge in [0.15, 0.2) is 5.65 Å². The Morgan fingerprint density at radius 3 is 2.44 bits per heavy atom. The summed E-state index contributed by atoms with van der Waals surface area (Å²) in [6.07, 6.45) is -2.93. The largest absolute Gasteiger partial charge is 0.478 e. The first kappa shape index (κ1) is 35.5. The van der Waals surface area contributed by atoms with E-state index in [0.29, 0.717) is 24.0 Å². The number of carboxylic acid groups (broad SMARTS) is 1. The summed E-state index contributed by atoms with van der Waals surface area (Å²) in [5, 5.41) is 23.9. The van der Waals surface area contributed by atoms with E-state index in [0.717, 1.165) is 15.6 Å². The number of hydrogen-bond donors (Lipinski definition) is 5. The summed E-state index contributed by atoms with van der Waals surface area (Å²) in [7, 11) is 0. The Morgan fingerprint density at radius 1 is 0.942 bits per heavy atom. The van der Waals surface area contributed by atoms with E-state index < -0.39 is 41.8 Å². The molecule has 0 radical (unpaired) electrons. The van der Waals surface area contributed by atoms with Crippen LogP contribution in [0.1, 0.15) is 76.4 Å². The lowest BCUT2D eigenvalue weighted by atomic mass is 9.98.